The second-order valence-corrected chi connectivity index (χ2v) is 6.54. The summed E-state index contributed by atoms with van der Waals surface area (Å²) in [5, 5.41) is 3.32. The molecule has 1 N–H and O–H groups in total. The van der Waals surface area contributed by atoms with Crippen molar-refractivity contribution >= 4 is 5.82 Å². The molecule has 1 aromatic rings. The first kappa shape index (κ1) is 11.5. The molecule has 0 spiro atoms. The van der Waals surface area contributed by atoms with Crippen LogP contribution in [-0.2, 0) is 0 Å². The maximum absolute atomic E-state index is 12.3. The van der Waals surface area contributed by atoms with Gasteiger partial charge in [-0.2, -0.15) is 0 Å². The van der Waals surface area contributed by atoms with Crippen molar-refractivity contribution in [2.75, 3.05) is 11.9 Å². The fourth-order valence-electron chi connectivity index (χ4n) is 4.04. The lowest BCUT2D eigenvalue weighted by Gasteiger charge is -2.22. The van der Waals surface area contributed by atoms with Crippen molar-refractivity contribution in [3.8, 4) is 0 Å². The molecule has 1 heterocycles. The molecular weight excluding hydrogens is 238 g/mol. The van der Waals surface area contributed by atoms with Crippen molar-refractivity contribution in [3.05, 3.63) is 22.7 Å². The average Bonchev–Trinajstić information content (AvgIpc) is 3.05. The first-order valence-electron chi connectivity index (χ1n) is 7.62. The number of anilines is 1. The molecule has 3 saturated carbocycles. The molecule has 0 saturated heterocycles. The SMILES string of the molecule is O=c1c(NCC2CC3CCC2C3)nccn1C1CC1. The van der Waals surface area contributed by atoms with E-state index in [0.29, 0.717) is 11.9 Å². The normalized spacial score (nSPS) is 32.7. The fourth-order valence-corrected chi connectivity index (χ4v) is 4.04. The summed E-state index contributed by atoms with van der Waals surface area (Å²) in [5.41, 5.74) is 0.0631. The van der Waals surface area contributed by atoms with Gasteiger partial charge in [-0.15, -0.1) is 0 Å². The van der Waals surface area contributed by atoms with E-state index in [1.54, 1.807) is 6.20 Å². The smallest absolute Gasteiger partial charge is 0.293 e. The number of rotatable bonds is 4. The Morgan fingerprint density at radius 3 is 2.84 bits per heavy atom. The number of fused-ring (bicyclic) bond motifs is 2. The van der Waals surface area contributed by atoms with Crippen LogP contribution in [0, 0.1) is 17.8 Å². The monoisotopic (exact) mass is 259 g/mol. The van der Waals surface area contributed by atoms with Gasteiger partial charge in [-0.05, 0) is 49.9 Å². The summed E-state index contributed by atoms with van der Waals surface area (Å²) in [6, 6.07) is 0.429. The topological polar surface area (TPSA) is 46.9 Å². The van der Waals surface area contributed by atoms with Crippen LogP contribution in [0.5, 0.6) is 0 Å². The minimum atomic E-state index is 0.0631. The van der Waals surface area contributed by atoms with E-state index in [2.05, 4.69) is 10.3 Å². The second kappa shape index (κ2) is 4.36. The Morgan fingerprint density at radius 2 is 2.16 bits per heavy atom. The predicted octanol–water partition coefficient (Wildman–Crippen LogP) is 2.43. The molecule has 0 radical (unpaired) electrons. The lowest BCUT2D eigenvalue weighted by atomic mass is 9.89. The lowest BCUT2D eigenvalue weighted by molar-refractivity contribution is 0.348. The summed E-state index contributed by atoms with van der Waals surface area (Å²) in [6.07, 6.45) is 11.4. The number of aromatic nitrogens is 2. The van der Waals surface area contributed by atoms with Crippen LogP contribution in [0.3, 0.4) is 0 Å². The fraction of sp³-hybridized carbons (Fsp3) is 0.733. The quantitative estimate of drug-likeness (QED) is 0.903. The van der Waals surface area contributed by atoms with E-state index in [1.807, 2.05) is 10.8 Å². The van der Waals surface area contributed by atoms with Crippen molar-refractivity contribution in [2.45, 2.75) is 44.6 Å². The molecular formula is C15H21N3O. The average molecular weight is 259 g/mol. The molecule has 4 rings (SSSR count). The molecule has 4 nitrogen and oxygen atoms in total. The van der Waals surface area contributed by atoms with Crippen LogP contribution in [0.2, 0.25) is 0 Å². The number of nitrogens with one attached hydrogen (secondary N) is 1. The third-order valence-electron chi connectivity index (χ3n) is 5.22. The largest absolute Gasteiger partial charge is 0.365 e. The van der Waals surface area contributed by atoms with E-state index in [4.69, 9.17) is 0 Å². The molecule has 3 fully saturated rings. The number of hydrogen-bond donors (Lipinski definition) is 1. The van der Waals surface area contributed by atoms with E-state index in [-0.39, 0.29) is 5.56 Å². The highest BCUT2D eigenvalue weighted by Crippen LogP contribution is 2.48. The van der Waals surface area contributed by atoms with Crippen molar-refractivity contribution in [1.29, 1.82) is 0 Å². The molecule has 102 valence electrons. The maximum atomic E-state index is 12.3. The molecule has 3 atom stereocenters. The minimum absolute atomic E-state index is 0.0631. The molecule has 2 bridgehead atoms. The zero-order valence-electron chi connectivity index (χ0n) is 11.2. The van der Waals surface area contributed by atoms with Gasteiger partial charge in [-0.1, -0.05) is 6.42 Å². The van der Waals surface area contributed by atoms with Gasteiger partial charge in [0.25, 0.3) is 5.56 Å². The van der Waals surface area contributed by atoms with Crippen LogP contribution in [0.25, 0.3) is 0 Å². The Bertz CT molecular complexity index is 534. The molecule has 4 heteroatoms. The molecule has 0 aliphatic heterocycles. The Morgan fingerprint density at radius 1 is 1.26 bits per heavy atom. The van der Waals surface area contributed by atoms with Gasteiger partial charge in [0.15, 0.2) is 5.82 Å². The maximum Gasteiger partial charge on any atom is 0.293 e. The Hall–Kier alpha value is -1.32. The molecule has 0 aromatic carbocycles. The van der Waals surface area contributed by atoms with Gasteiger partial charge in [0.2, 0.25) is 0 Å². The summed E-state index contributed by atoms with van der Waals surface area (Å²) in [4.78, 5) is 16.5. The third kappa shape index (κ3) is 2.07. The lowest BCUT2D eigenvalue weighted by Crippen LogP contribution is -2.27. The first-order valence-corrected chi connectivity index (χ1v) is 7.62. The van der Waals surface area contributed by atoms with Gasteiger partial charge in [0.05, 0.1) is 0 Å². The summed E-state index contributed by atoms with van der Waals surface area (Å²) >= 11 is 0. The van der Waals surface area contributed by atoms with Gasteiger partial charge < -0.3 is 9.88 Å². The second-order valence-electron chi connectivity index (χ2n) is 6.54. The highest BCUT2D eigenvalue weighted by molar-refractivity contribution is 5.31. The van der Waals surface area contributed by atoms with Gasteiger partial charge in [-0.25, -0.2) is 4.98 Å². The van der Waals surface area contributed by atoms with E-state index in [0.717, 1.165) is 37.1 Å². The van der Waals surface area contributed by atoms with Crippen molar-refractivity contribution in [1.82, 2.24) is 9.55 Å². The van der Waals surface area contributed by atoms with E-state index < -0.39 is 0 Å². The predicted molar refractivity (Wildman–Crippen MR) is 74.2 cm³/mol. The zero-order chi connectivity index (χ0) is 12.8. The van der Waals surface area contributed by atoms with E-state index >= 15 is 0 Å². The third-order valence-corrected chi connectivity index (χ3v) is 5.22. The summed E-state index contributed by atoms with van der Waals surface area (Å²) in [6.45, 7) is 0.929. The van der Waals surface area contributed by atoms with Gasteiger partial charge >= 0.3 is 0 Å². The van der Waals surface area contributed by atoms with Crippen molar-refractivity contribution < 1.29 is 0 Å². The van der Waals surface area contributed by atoms with Crippen LogP contribution in [0.15, 0.2) is 17.2 Å². The zero-order valence-corrected chi connectivity index (χ0v) is 11.2. The van der Waals surface area contributed by atoms with Crippen LogP contribution in [0.1, 0.15) is 44.6 Å². The van der Waals surface area contributed by atoms with Gasteiger partial charge in [-0.3, -0.25) is 4.79 Å². The van der Waals surface area contributed by atoms with E-state index in [9.17, 15) is 4.79 Å². The summed E-state index contributed by atoms with van der Waals surface area (Å²) in [5.74, 6) is 3.17. The van der Waals surface area contributed by atoms with Crippen LogP contribution < -0.4 is 10.9 Å². The number of nitrogens with zero attached hydrogens (tertiary/aromatic N) is 2. The highest BCUT2D eigenvalue weighted by Gasteiger charge is 2.39. The summed E-state index contributed by atoms with van der Waals surface area (Å²) in [7, 11) is 0. The molecule has 19 heavy (non-hydrogen) atoms. The number of hydrogen-bond acceptors (Lipinski definition) is 3. The van der Waals surface area contributed by atoms with Gasteiger partial charge in [0, 0.05) is 25.0 Å². The Kier molecular flexibility index (Phi) is 2.64. The summed E-state index contributed by atoms with van der Waals surface area (Å²) < 4.78 is 1.84. The van der Waals surface area contributed by atoms with Crippen molar-refractivity contribution in [2.24, 2.45) is 17.8 Å². The van der Waals surface area contributed by atoms with Gasteiger partial charge in [0.1, 0.15) is 0 Å². The van der Waals surface area contributed by atoms with Crippen molar-refractivity contribution in [3.63, 3.8) is 0 Å². The minimum Gasteiger partial charge on any atom is -0.365 e. The van der Waals surface area contributed by atoms with E-state index in [1.165, 1.54) is 25.7 Å². The van der Waals surface area contributed by atoms with Crippen LogP contribution in [0.4, 0.5) is 5.82 Å². The highest BCUT2D eigenvalue weighted by atomic mass is 16.1. The Balaban J connectivity index is 1.45. The molecule has 3 aliphatic carbocycles. The molecule has 1 aromatic heterocycles. The van der Waals surface area contributed by atoms with Crippen LogP contribution >= 0.6 is 0 Å². The molecule has 3 unspecified atom stereocenters. The first-order chi connectivity index (χ1) is 9.31. The standard InChI is InChI=1S/C15H21N3O/c19-15-14(16-5-6-18(15)13-3-4-13)17-9-12-8-10-1-2-11(12)7-10/h5-6,10-13H,1-4,7-9H2,(H,16,17). The molecule has 3 aliphatic rings. The Labute approximate surface area is 113 Å². The van der Waals surface area contributed by atoms with Crippen LogP contribution in [-0.4, -0.2) is 16.1 Å². The molecule has 0 amide bonds.